The lowest BCUT2D eigenvalue weighted by atomic mass is 9.93. The van der Waals surface area contributed by atoms with Crippen LogP contribution < -0.4 is 11.5 Å². The molecule has 0 fully saturated rings. The van der Waals surface area contributed by atoms with E-state index < -0.39 is 11.9 Å². The standard InChI is InChI=1S/C24H28N4O5/c1-15(2)24(32)33-14-17(5-3-4-6-22(26)29)16-7-9-18(10-8-16)27-28-19-11-12-20(23(30)31)21(25)13-19/h7-13,17H,1,3-6,14,25H2,2H3,(H2,26,29)(H,30,31). The molecule has 1 amide bonds. The SMILES string of the molecule is C=C(C)C(=O)OCC(CCCCC(N)=O)c1ccc(N=Nc2ccc(C(=O)O)c(N)c2)cc1. The van der Waals surface area contributed by atoms with E-state index >= 15 is 0 Å². The van der Waals surface area contributed by atoms with Crippen molar-refractivity contribution in [2.24, 2.45) is 16.0 Å². The summed E-state index contributed by atoms with van der Waals surface area (Å²) in [4.78, 5) is 33.8. The maximum atomic E-state index is 11.8. The highest BCUT2D eigenvalue weighted by atomic mass is 16.5. The number of rotatable bonds is 12. The van der Waals surface area contributed by atoms with Crippen molar-refractivity contribution in [1.82, 2.24) is 0 Å². The fraction of sp³-hybridized carbons (Fsp3) is 0.292. The number of esters is 1. The molecule has 33 heavy (non-hydrogen) atoms. The van der Waals surface area contributed by atoms with Crippen molar-refractivity contribution in [2.45, 2.75) is 38.5 Å². The van der Waals surface area contributed by atoms with Crippen molar-refractivity contribution in [1.29, 1.82) is 0 Å². The van der Waals surface area contributed by atoms with E-state index in [1.54, 1.807) is 19.1 Å². The number of amides is 1. The molecule has 0 spiro atoms. The number of nitrogens with two attached hydrogens (primary N) is 2. The molecule has 0 heterocycles. The summed E-state index contributed by atoms with van der Waals surface area (Å²) in [6, 6.07) is 11.7. The van der Waals surface area contributed by atoms with Crippen LogP contribution in [0.25, 0.3) is 0 Å². The Morgan fingerprint density at radius 3 is 2.27 bits per heavy atom. The van der Waals surface area contributed by atoms with Gasteiger partial charge in [0, 0.05) is 23.6 Å². The van der Waals surface area contributed by atoms with Gasteiger partial charge in [-0.05, 0) is 55.7 Å². The third-order valence-electron chi connectivity index (χ3n) is 4.90. The lowest BCUT2D eigenvalue weighted by Gasteiger charge is -2.17. The normalized spacial score (nSPS) is 11.8. The minimum atomic E-state index is -1.11. The third kappa shape index (κ3) is 8.21. The molecule has 2 aromatic rings. The molecule has 174 valence electrons. The average Bonchev–Trinajstić information content (AvgIpc) is 2.77. The van der Waals surface area contributed by atoms with Gasteiger partial charge in [-0.2, -0.15) is 10.2 Å². The van der Waals surface area contributed by atoms with E-state index in [1.807, 2.05) is 12.1 Å². The van der Waals surface area contributed by atoms with E-state index in [1.165, 1.54) is 18.2 Å². The molecule has 0 aliphatic carbocycles. The summed E-state index contributed by atoms with van der Waals surface area (Å²) in [6.07, 6.45) is 2.45. The molecule has 0 aliphatic heterocycles. The molecule has 5 N–H and O–H groups in total. The van der Waals surface area contributed by atoms with Crippen molar-refractivity contribution in [3.8, 4) is 0 Å². The fourth-order valence-corrected chi connectivity index (χ4v) is 3.07. The van der Waals surface area contributed by atoms with Crippen LogP contribution in [0.2, 0.25) is 0 Å². The van der Waals surface area contributed by atoms with Crippen LogP contribution in [0.1, 0.15) is 54.4 Å². The number of ether oxygens (including phenoxy) is 1. The summed E-state index contributed by atoms with van der Waals surface area (Å²) >= 11 is 0. The fourth-order valence-electron chi connectivity index (χ4n) is 3.07. The van der Waals surface area contributed by atoms with Crippen LogP contribution in [0.5, 0.6) is 0 Å². The third-order valence-corrected chi connectivity index (χ3v) is 4.90. The highest BCUT2D eigenvalue weighted by Crippen LogP contribution is 2.27. The van der Waals surface area contributed by atoms with Gasteiger partial charge in [-0.25, -0.2) is 9.59 Å². The molecule has 0 radical (unpaired) electrons. The second-order valence-corrected chi connectivity index (χ2v) is 7.66. The van der Waals surface area contributed by atoms with Gasteiger partial charge in [0.05, 0.1) is 23.5 Å². The Balaban J connectivity index is 2.09. The number of carboxylic acid groups (broad SMARTS) is 1. The Bertz CT molecular complexity index is 1050. The topological polar surface area (TPSA) is 157 Å². The Morgan fingerprint density at radius 2 is 1.70 bits per heavy atom. The van der Waals surface area contributed by atoms with Gasteiger partial charge in [0.25, 0.3) is 0 Å². The zero-order valence-corrected chi connectivity index (χ0v) is 18.5. The number of azo groups is 1. The number of aromatic carboxylic acids is 1. The number of hydrogen-bond donors (Lipinski definition) is 3. The molecule has 2 rings (SSSR count). The average molecular weight is 453 g/mol. The van der Waals surface area contributed by atoms with E-state index in [9.17, 15) is 14.4 Å². The van der Waals surface area contributed by atoms with Crippen LogP contribution in [0.3, 0.4) is 0 Å². The summed E-state index contributed by atoms with van der Waals surface area (Å²) < 4.78 is 5.35. The Labute approximate surface area is 192 Å². The first-order valence-corrected chi connectivity index (χ1v) is 10.4. The number of hydrogen-bond acceptors (Lipinski definition) is 7. The van der Waals surface area contributed by atoms with Gasteiger partial charge in [-0.3, -0.25) is 4.79 Å². The van der Waals surface area contributed by atoms with Crippen molar-refractivity contribution in [3.63, 3.8) is 0 Å². The maximum absolute atomic E-state index is 11.8. The van der Waals surface area contributed by atoms with Crippen LogP contribution in [-0.2, 0) is 14.3 Å². The van der Waals surface area contributed by atoms with Gasteiger partial charge in [-0.1, -0.05) is 25.1 Å². The quantitative estimate of drug-likeness (QED) is 0.140. The van der Waals surface area contributed by atoms with Crippen molar-refractivity contribution in [3.05, 3.63) is 65.7 Å². The summed E-state index contributed by atoms with van der Waals surface area (Å²) in [6.45, 7) is 5.37. The first kappa shape index (κ1) is 25.3. The van der Waals surface area contributed by atoms with Gasteiger partial charge >= 0.3 is 11.9 Å². The summed E-state index contributed by atoms with van der Waals surface area (Å²) in [5, 5.41) is 17.3. The molecule has 9 heteroatoms. The highest BCUT2D eigenvalue weighted by Gasteiger charge is 2.15. The second-order valence-electron chi connectivity index (χ2n) is 7.66. The monoisotopic (exact) mass is 452 g/mol. The molecule has 9 nitrogen and oxygen atoms in total. The van der Waals surface area contributed by atoms with E-state index in [0.29, 0.717) is 36.2 Å². The summed E-state index contributed by atoms with van der Waals surface area (Å²) in [5.74, 6) is -1.95. The molecule has 0 aromatic heterocycles. The van der Waals surface area contributed by atoms with Crippen molar-refractivity contribution >= 4 is 34.9 Å². The Hall–Kier alpha value is -4.01. The lowest BCUT2D eigenvalue weighted by Crippen LogP contribution is -2.14. The van der Waals surface area contributed by atoms with Gasteiger partial charge in [0.2, 0.25) is 5.91 Å². The van der Waals surface area contributed by atoms with E-state index in [0.717, 1.165) is 12.0 Å². The lowest BCUT2D eigenvalue weighted by molar-refractivity contribution is -0.139. The zero-order valence-electron chi connectivity index (χ0n) is 18.5. The van der Waals surface area contributed by atoms with Crippen molar-refractivity contribution < 1.29 is 24.2 Å². The molecular weight excluding hydrogens is 424 g/mol. The first-order valence-electron chi connectivity index (χ1n) is 10.4. The number of carboxylic acids is 1. The van der Waals surface area contributed by atoms with Crippen LogP contribution in [-0.4, -0.2) is 29.6 Å². The van der Waals surface area contributed by atoms with Crippen LogP contribution in [0.4, 0.5) is 17.1 Å². The summed E-state index contributed by atoms with van der Waals surface area (Å²) in [7, 11) is 0. The number of nitrogen functional groups attached to an aromatic ring is 1. The number of benzene rings is 2. The number of nitrogens with zero attached hydrogens (tertiary/aromatic N) is 2. The number of anilines is 1. The summed E-state index contributed by atoms with van der Waals surface area (Å²) in [5.41, 5.74) is 13.3. The van der Waals surface area contributed by atoms with Crippen LogP contribution >= 0.6 is 0 Å². The zero-order chi connectivity index (χ0) is 24.4. The smallest absolute Gasteiger partial charge is 0.337 e. The molecule has 2 aromatic carbocycles. The van der Waals surface area contributed by atoms with Crippen LogP contribution in [0.15, 0.2) is 64.8 Å². The minimum absolute atomic E-state index is 0.00696. The molecule has 0 saturated heterocycles. The van der Waals surface area contributed by atoms with Gasteiger partial charge < -0.3 is 21.3 Å². The van der Waals surface area contributed by atoms with E-state index in [-0.39, 0.29) is 29.7 Å². The molecule has 0 aliphatic rings. The maximum Gasteiger partial charge on any atom is 0.337 e. The number of unbranched alkanes of at least 4 members (excludes halogenated alkanes) is 1. The van der Waals surface area contributed by atoms with E-state index in [4.69, 9.17) is 21.3 Å². The van der Waals surface area contributed by atoms with E-state index in [2.05, 4.69) is 16.8 Å². The predicted octanol–water partition coefficient (Wildman–Crippen LogP) is 4.63. The van der Waals surface area contributed by atoms with Crippen LogP contribution in [0, 0.1) is 0 Å². The van der Waals surface area contributed by atoms with Gasteiger partial charge in [0.15, 0.2) is 0 Å². The predicted molar refractivity (Wildman–Crippen MR) is 125 cm³/mol. The number of carbonyl (C=O) groups excluding carboxylic acids is 2. The molecule has 1 unspecified atom stereocenters. The molecule has 0 bridgehead atoms. The van der Waals surface area contributed by atoms with Crippen molar-refractivity contribution in [2.75, 3.05) is 12.3 Å². The first-order chi connectivity index (χ1) is 15.7. The largest absolute Gasteiger partial charge is 0.478 e. The Kier molecular flexibility index (Phi) is 9.29. The second kappa shape index (κ2) is 12.1. The molecule has 0 saturated carbocycles. The number of primary amides is 1. The van der Waals surface area contributed by atoms with Gasteiger partial charge in [-0.15, -0.1) is 0 Å². The molecule has 1 atom stereocenters. The molecular formula is C24H28N4O5. The number of carbonyl (C=O) groups is 3. The Morgan fingerprint density at radius 1 is 1.06 bits per heavy atom. The highest BCUT2D eigenvalue weighted by molar-refractivity contribution is 5.94. The minimum Gasteiger partial charge on any atom is -0.478 e. The van der Waals surface area contributed by atoms with Gasteiger partial charge in [0.1, 0.15) is 0 Å².